The lowest BCUT2D eigenvalue weighted by atomic mass is 10.1. The minimum atomic E-state index is -0.708. The second kappa shape index (κ2) is 7.07. The standard InChI is InChI=1S/C19H22O5/c1-3-4-10-22-18(20)12(2)23-13-8-9-15-14-6-5-7-16(14)19(21)24-17(15)11-13/h8-9,11-12H,3-7,10H2,1-2H3/t12-/m1/s1. The van der Waals surface area contributed by atoms with E-state index in [4.69, 9.17) is 13.9 Å². The van der Waals surface area contributed by atoms with Gasteiger partial charge in [-0.1, -0.05) is 13.3 Å². The monoisotopic (exact) mass is 330 g/mol. The Morgan fingerprint density at radius 3 is 2.88 bits per heavy atom. The first kappa shape index (κ1) is 16.6. The van der Waals surface area contributed by atoms with Crippen LogP contribution in [-0.2, 0) is 22.4 Å². The summed E-state index contributed by atoms with van der Waals surface area (Å²) in [6.07, 6.45) is 3.77. The van der Waals surface area contributed by atoms with E-state index in [-0.39, 0.29) is 11.6 Å². The van der Waals surface area contributed by atoms with Crippen LogP contribution >= 0.6 is 0 Å². The van der Waals surface area contributed by atoms with Crippen LogP contribution in [0.25, 0.3) is 11.0 Å². The van der Waals surface area contributed by atoms with E-state index in [2.05, 4.69) is 0 Å². The van der Waals surface area contributed by atoms with E-state index in [1.165, 1.54) is 0 Å². The number of hydrogen-bond donors (Lipinski definition) is 0. The summed E-state index contributed by atoms with van der Waals surface area (Å²) in [6, 6.07) is 5.37. The maximum absolute atomic E-state index is 12.0. The topological polar surface area (TPSA) is 65.7 Å². The molecule has 1 atom stereocenters. The van der Waals surface area contributed by atoms with Gasteiger partial charge in [-0.05, 0) is 50.3 Å². The van der Waals surface area contributed by atoms with Crippen LogP contribution in [0.15, 0.2) is 27.4 Å². The molecule has 0 aliphatic heterocycles. The number of fused-ring (bicyclic) bond motifs is 3. The Balaban J connectivity index is 1.78. The first-order chi connectivity index (χ1) is 11.6. The van der Waals surface area contributed by atoms with Crippen molar-refractivity contribution < 1.29 is 18.7 Å². The van der Waals surface area contributed by atoms with Crippen LogP contribution in [-0.4, -0.2) is 18.7 Å². The summed E-state index contributed by atoms with van der Waals surface area (Å²) < 4.78 is 16.2. The van der Waals surface area contributed by atoms with Gasteiger partial charge in [0, 0.05) is 17.0 Å². The Morgan fingerprint density at radius 2 is 2.08 bits per heavy atom. The number of ether oxygens (including phenoxy) is 2. The average Bonchev–Trinajstić information content (AvgIpc) is 3.05. The first-order valence-corrected chi connectivity index (χ1v) is 8.52. The number of esters is 1. The van der Waals surface area contributed by atoms with Gasteiger partial charge >= 0.3 is 11.6 Å². The van der Waals surface area contributed by atoms with E-state index in [0.29, 0.717) is 17.9 Å². The van der Waals surface area contributed by atoms with Crippen molar-refractivity contribution in [3.63, 3.8) is 0 Å². The van der Waals surface area contributed by atoms with E-state index < -0.39 is 6.10 Å². The fraction of sp³-hybridized carbons (Fsp3) is 0.474. The Morgan fingerprint density at radius 1 is 1.29 bits per heavy atom. The normalized spacial score (nSPS) is 14.4. The van der Waals surface area contributed by atoms with Crippen molar-refractivity contribution in [3.05, 3.63) is 39.7 Å². The summed E-state index contributed by atoms with van der Waals surface area (Å²) in [6.45, 7) is 4.09. The molecule has 0 radical (unpaired) electrons. The van der Waals surface area contributed by atoms with E-state index in [1.54, 1.807) is 19.1 Å². The Hall–Kier alpha value is -2.30. The van der Waals surface area contributed by atoms with Crippen LogP contribution in [0.3, 0.4) is 0 Å². The lowest BCUT2D eigenvalue weighted by Crippen LogP contribution is -2.26. The van der Waals surface area contributed by atoms with Crippen molar-refractivity contribution in [1.29, 1.82) is 0 Å². The highest BCUT2D eigenvalue weighted by Crippen LogP contribution is 2.29. The minimum Gasteiger partial charge on any atom is -0.479 e. The zero-order valence-electron chi connectivity index (χ0n) is 14.1. The molecule has 1 aromatic heterocycles. The van der Waals surface area contributed by atoms with Gasteiger partial charge in [0.25, 0.3) is 0 Å². The summed E-state index contributed by atoms with van der Waals surface area (Å²) in [5.74, 6) is 0.0995. The van der Waals surface area contributed by atoms with Gasteiger partial charge in [0.2, 0.25) is 0 Å². The number of aryl methyl sites for hydroxylation is 1. The molecule has 128 valence electrons. The molecule has 1 aliphatic rings. The molecule has 0 bridgehead atoms. The second-order valence-corrected chi connectivity index (χ2v) is 6.14. The molecule has 2 aromatic rings. The number of rotatable bonds is 6. The fourth-order valence-electron chi connectivity index (χ4n) is 3.02. The van der Waals surface area contributed by atoms with Gasteiger partial charge < -0.3 is 13.9 Å². The maximum Gasteiger partial charge on any atom is 0.347 e. The number of carbonyl (C=O) groups is 1. The molecule has 3 rings (SSSR count). The zero-order chi connectivity index (χ0) is 17.1. The fourth-order valence-corrected chi connectivity index (χ4v) is 3.02. The summed E-state index contributed by atoms with van der Waals surface area (Å²) in [5.41, 5.74) is 2.12. The average molecular weight is 330 g/mol. The van der Waals surface area contributed by atoms with E-state index >= 15 is 0 Å². The third-order valence-electron chi connectivity index (χ3n) is 4.33. The first-order valence-electron chi connectivity index (χ1n) is 8.52. The van der Waals surface area contributed by atoms with Gasteiger partial charge in [0.1, 0.15) is 11.3 Å². The molecular formula is C19H22O5. The Labute approximate surface area is 140 Å². The van der Waals surface area contributed by atoms with Crippen molar-refractivity contribution in [2.24, 2.45) is 0 Å². The maximum atomic E-state index is 12.0. The number of hydrogen-bond acceptors (Lipinski definition) is 5. The van der Waals surface area contributed by atoms with Crippen molar-refractivity contribution in [2.45, 2.75) is 52.1 Å². The van der Waals surface area contributed by atoms with E-state index in [9.17, 15) is 9.59 Å². The molecule has 0 saturated heterocycles. The van der Waals surface area contributed by atoms with Crippen LogP contribution in [0.1, 0.15) is 44.2 Å². The van der Waals surface area contributed by atoms with E-state index in [1.807, 2.05) is 13.0 Å². The molecule has 5 nitrogen and oxygen atoms in total. The highest BCUT2D eigenvalue weighted by Gasteiger charge is 2.21. The van der Waals surface area contributed by atoms with Gasteiger partial charge in [-0.2, -0.15) is 0 Å². The van der Waals surface area contributed by atoms with Crippen LogP contribution in [0.4, 0.5) is 0 Å². The highest BCUT2D eigenvalue weighted by atomic mass is 16.6. The lowest BCUT2D eigenvalue weighted by molar-refractivity contribution is -0.151. The van der Waals surface area contributed by atoms with Crippen LogP contribution in [0, 0.1) is 0 Å². The molecule has 24 heavy (non-hydrogen) atoms. The lowest BCUT2D eigenvalue weighted by Gasteiger charge is -2.14. The molecule has 1 aliphatic carbocycles. The second-order valence-electron chi connectivity index (χ2n) is 6.14. The molecule has 0 fully saturated rings. The van der Waals surface area contributed by atoms with Crippen molar-refractivity contribution >= 4 is 16.9 Å². The van der Waals surface area contributed by atoms with Gasteiger partial charge in [0.15, 0.2) is 6.10 Å². The van der Waals surface area contributed by atoms with Crippen molar-refractivity contribution in [1.82, 2.24) is 0 Å². The molecule has 0 spiro atoms. The summed E-state index contributed by atoms with van der Waals surface area (Å²) >= 11 is 0. The number of benzene rings is 1. The predicted molar refractivity (Wildman–Crippen MR) is 90.5 cm³/mol. The van der Waals surface area contributed by atoms with Crippen molar-refractivity contribution in [2.75, 3.05) is 6.61 Å². The number of carbonyl (C=O) groups excluding carboxylic acids is 1. The molecule has 0 saturated carbocycles. The van der Waals surface area contributed by atoms with Crippen LogP contribution in [0.5, 0.6) is 5.75 Å². The molecule has 0 N–H and O–H groups in total. The quantitative estimate of drug-likeness (QED) is 0.461. The van der Waals surface area contributed by atoms with Gasteiger partial charge in [0.05, 0.1) is 6.61 Å². The largest absolute Gasteiger partial charge is 0.479 e. The predicted octanol–water partition coefficient (Wildman–Crippen LogP) is 3.39. The highest BCUT2D eigenvalue weighted by molar-refractivity contribution is 5.83. The summed E-state index contributed by atoms with van der Waals surface area (Å²) in [5, 5.41) is 0.952. The summed E-state index contributed by atoms with van der Waals surface area (Å²) in [7, 11) is 0. The van der Waals surface area contributed by atoms with Gasteiger partial charge in [-0.3, -0.25) is 0 Å². The molecule has 5 heteroatoms. The third kappa shape index (κ3) is 3.30. The molecule has 1 heterocycles. The van der Waals surface area contributed by atoms with Crippen LogP contribution in [0.2, 0.25) is 0 Å². The van der Waals surface area contributed by atoms with Crippen molar-refractivity contribution in [3.8, 4) is 5.75 Å². The minimum absolute atomic E-state index is 0.265. The molecule has 1 aromatic carbocycles. The number of unbranched alkanes of at least 4 members (excludes halogenated alkanes) is 1. The molecular weight excluding hydrogens is 308 g/mol. The SMILES string of the molecule is CCCCOC(=O)[C@@H](C)Oc1ccc2c3c(c(=O)oc2c1)CCC3. The van der Waals surface area contributed by atoms with Crippen LogP contribution < -0.4 is 10.4 Å². The zero-order valence-corrected chi connectivity index (χ0v) is 14.1. The van der Waals surface area contributed by atoms with Gasteiger partial charge in [-0.25, -0.2) is 9.59 Å². The van der Waals surface area contributed by atoms with E-state index in [0.717, 1.165) is 48.6 Å². The third-order valence-corrected chi connectivity index (χ3v) is 4.33. The summed E-state index contributed by atoms with van der Waals surface area (Å²) in [4.78, 5) is 23.9. The Bertz CT molecular complexity index is 805. The Kier molecular flexibility index (Phi) is 4.88. The molecule has 0 amide bonds. The van der Waals surface area contributed by atoms with Gasteiger partial charge in [-0.15, -0.1) is 0 Å². The smallest absolute Gasteiger partial charge is 0.347 e. The molecule has 0 unspecified atom stereocenters.